The lowest BCUT2D eigenvalue weighted by molar-refractivity contribution is 0.148. The summed E-state index contributed by atoms with van der Waals surface area (Å²) in [5, 5.41) is 11.0. The molecule has 0 radical (unpaired) electrons. The van der Waals surface area contributed by atoms with Crippen LogP contribution in [0.4, 0.5) is 0 Å². The van der Waals surface area contributed by atoms with Crippen LogP contribution >= 0.6 is 11.3 Å². The van der Waals surface area contributed by atoms with E-state index < -0.39 is 0 Å². The van der Waals surface area contributed by atoms with E-state index in [2.05, 4.69) is 80.5 Å². The highest BCUT2D eigenvalue weighted by molar-refractivity contribution is 7.07. The fourth-order valence-corrected chi connectivity index (χ4v) is 3.77. The molecule has 1 saturated heterocycles. The molecule has 0 bridgehead atoms. The molecule has 0 unspecified atom stereocenters. The molecule has 0 atom stereocenters. The van der Waals surface area contributed by atoms with Crippen molar-refractivity contribution in [3.05, 3.63) is 57.8 Å². The van der Waals surface area contributed by atoms with E-state index in [1.54, 1.807) is 11.3 Å². The average molecular weight is 386 g/mol. The van der Waals surface area contributed by atoms with E-state index >= 15 is 0 Å². The van der Waals surface area contributed by atoms with Crippen LogP contribution in [0.5, 0.6) is 0 Å². The van der Waals surface area contributed by atoms with Gasteiger partial charge in [-0.15, -0.1) is 0 Å². The Kier molecular flexibility index (Phi) is 7.68. The summed E-state index contributed by atoms with van der Waals surface area (Å²) in [4.78, 5) is 9.59. The molecular weight excluding hydrogens is 354 g/mol. The summed E-state index contributed by atoms with van der Waals surface area (Å²) in [6.07, 6.45) is 0. The zero-order valence-corrected chi connectivity index (χ0v) is 17.3. The van der Waals surface area contributed by atoms with Gasteiger partial charge in [-0.1, -0.05) is 24.3 Å². The first-order valence-corrected chi connectivity index (χ1v) is 10.7. The first-order chi connectivity index (χ1) is 13.2. The van der Waals surface area contributed by atoms with Crippen molar-refractivity contribution in [1.29, 1.82) is 0 Å². The van der Waals surface area contributed by atoms with Gasteiger partial charge in [-0.2, -0.15) is 11.3 Å². The largest absolute Gasteiger partial charge is 0.357 e. The Morgan fingerprint density at radius 3 is 2.41 bits per heavy atom. The van der Waals surface area contributed by atoms with Crippen molar-refractivity contribution in [2.24, 2.45) is 4.99 Å². The van der Waals surface area contributed by atoms with Gasteiger partial charge < -0.3 is 15.5 Å². The van der Waals surface area contributed by atoms with Gasteiger partial charge >= 0.3 is 0 Å². The predicted molar refractivity (Wildman–Crippen MR) is 115 cm³/mol. The van der Waals surface area contributed by atoms with Crippen LogP contribution in [0.1, 0.15) is 23.6 Å². The SMILES string of the molecule is CCNC(=NCc1ccsc1)NCc1ccc(CN2CCN(C)CC2)cc1. The van der Waals surface area contributed by atoms with Crippen LogP contribution < -0.4 is 10.6 Å². The van der Waals surface area contributed by atoms with E-state index in [0.717, 1.165) is 38.7 Å². The molecule has 1 aliphatic rings. The van der Waals surface area contributed by atoms with Crippen LogP contribution in [0, 0.1) is 0 Å². The summed E-state index contributed by atoms with van der Waals surface area (Å²) in [6, 6.07) is 11.1. The third-order valence-electron chi connectivity index (χ3n) is 4.83. The highest BCUT2D eigenvalue weighted by Gasteiger charge is 2.13. The maximum Gasteiger partial charge on any atom is 0.191 e. The van der Waals surface area contributed by atoms with Gasteiger partial charge in [-0.05, 0) is 47.5 Å². The summed E-state index contributed by atoms with van der Waals surface area (Å²) in [6.45, 7) is 10.1. The van der Waals surface area contributed by atoms with Crippen molar-refractivity contribution in [1.82, 2.24) is 20.4 Å². The number of nitrogens with one attached hydrogen (secondary N) is 2. The van der Waals surface area contributed by atoms with Crippen LogP contribution in [0.3, 0.4) is 0 Å². The van der Waals surface area contributed by atoms with Crippen molar-refractivity contribution in [2.45, 2.75) is 26.6 Å². The quantitative estimate of drug-likeness (QED) is 0.568. The average Bonchev–Trinajstić information content (AvgIpc) is 3.21. The van der Waals surface area contributed by atoms with Gasteiger partial charge in [-0.25, -0.2) is 4.99 Å². The second-order valence-electron chi connectivity index (χ2n) is 7.08. The van der Waals surface area contributed by atoms with E-state index in [-0.39, 0.29) is 0 Å². The number of rotatable bonds is 7. The van der Waals surface area contributed by atoms with Gasteiger partial charge in [0.15, 0.2) is 5.96 Å². The van der Waals surface area contributed by atoms with Crippen molar-refractivity contribution in [3.8, 4) is 0 Å². The lowest BCUT2D eigenvalue weighted by Gasteiger charge is -2.32. The number of likely N-dealkylation sites (N-methyl/N-ethyl adjacent to an activating group) is 1. The number of aliphatic imine (C=N–C) groups is 1. The van der Waals surface area contributed by atoms with Crippen LogP contribution in [0.2, 0.25) is 0 Å². The lowest BCUT2D eigenvalue weighted by atomic mass is 10.1. The van der Waals surface area contributed by atoms with Crippen LogP contribution in [-0.4, -0.2) is 55.5 Å². The molecule has 1 aromatic carbocycles. The number of hydrogen-bond donors (Lipinski definition) is 2. The molecule has 2 N–H and O–H groups in total. The monoisotopic (exact) mass is 385 g/mol. The van der Waals surface area contributed by atoms with Crippen molar-refractivity contribution in [3.63, 3.8) is 0 Å². The lowest BCUT2D eigenvalue weighted by Crippen LogP contribution is -2.43. The third kappa shape index (κ3) is 6.65. The Balaban J connectivity index is 1.48. The molecule has 146 valence electrons. The van der Waals surface area contributed by atoms with E-state index in [0.29, 0.717) is 6.54 Å². The fraction of sp³-hybridized carbons (Fsp3) is 0.476. The van der Waals surface area contributed by atoms with E-state index in [9.17, 15) is 0 Å². The number of benzene rings is 1. The topological polar surface area (TPSA) is 42.9 Å². The number of piperazine rings is 1. The summed E-state index contributed by atoms with van der Waals surface area (Å²) < 4.78 is 0. The molecule has 1 fully saturated rings. The van der Waals surface area contributed by atoms with Gasteiger partial charge in [0, 0.05) is 45.8 Å². The predicted octanol–water partition coefficient (Wildman–Crippen LogP) is 2.75. The van der Waals surface area contributed by atoms with E-state index in [1.807, 2.05) is 0 Å². The smallest absolute Gasteiger partial charge is 0.191 e. The Hall–Kier alpha value is -1.89. The minimum Gasteiger partial charge on any atom is -0.357 e. The zero-order chi connectivity index (χ0) is 18.9. The van der Waals surface area contributed by atoms with E-state index in [1.165, 1.54) is 29.8 Å². The maximum absolute atomic E-state index is 4.66. The Labute approximate surface area is 167 Å². The standard InChI is InChI=1S/C21H31N5S/c1-3-22-21(24-15-20-8-13-27-17-20)23-14-18-4-6-19(7-5-18)16-26-11-9-25(2)10-12-26/h4-8,13,17H,3,9-12,14-16H2,1-2H3,(H2,22,23,24). The van der Waals surface area contributed by atoms with Gasteiger partial charge in [0.25, 0.3) is 0 Å². The summed E-state index contributed by atoms with van der Waals surface area (Å²) in [7, 11) is 2.20. The molecule has 0 saturated carbocycles. The Bertz CT molecular complexity index is 688. The first kappa shape index (κ1) is 19.9. The van der Waals surface area contributed by atoms with Gasteiger partial charge in [0.05, 0.1) is 6.54 Å². The molecule has 1 aromatic heterocycles. The summed E-state index contributed by atoms with van der Waals surface area (Å²) >= 11 is 1.71. The van der Waals surface area contributed by atoms with Crippen molar-refractivity contribution < 1.29 is 0 Å². The maximum atomic E-state index is 4.66. The van der Waals surface area contributed by atoms with Gasteiger partial charge in [0.2, 0.25) is 0 Å². The first-order valence-electron chi connectivity index (χ1n) is 9.75. The van der Waals surface area contributed by atoms with Crippen LogP contribution in [0.25, 0.3) is 0 Å². The highest BCUT2D eigenvalue weighted by atomic mass is 32.1. The summed E-state index contributed by atoms with van der Waals surface area (Å²) in [5.74, 6) is 0.866. The molecule has 1 aliphatic heterocycles. The molecule has 3 rings (SSSR count). The summed E-state index contributed by atoms with van der Waals surface area (Å²) in [5.41, 5.74) is 3.92. The number of nitrogens with zero attached hydrogens (tertiary/aromatic N) is 3. The zero-order valence-electron chi connectivity index (χ0n) is 16.4. The molecule has 0 aliphatic carbocycles. The third-order valence-corrected chi connectivity index (χ3v) is 5.56. The molecule has 2 aromatic rings. The molecule has 27 heavy (non-hydrogen) atoms. The second-order valence-corrected chi connectivity index (χ2v) is 7.86. The van der Waals surface area contributed by atoms with Crippen LogP contribution in [-0.2, 0) is 19.6 Å². The van der Waals surface area contributed by atoms with Crippen molar-refractivity contribution >= 4 is 17.3 Å². The normalized spacial score (nSPS) is 16.4. The molecule has 0 amide bonds. The van der Waals surface area contributed by atoms with Gasteiger partial charge in [-0.3, -0.25) is 4.90 Å². The number of guanidine groups is 1. The van der Waals surface area contributed by atoms with Gasteiger partial charge in [0.1, 0.15) is 0 Å². The van der Waals surface area contributed by atoms with Crippen LogP contribution in [0.15, 0.2) is 46.1 Å². The highest BCUT2D eigenvalue weighted by Crippen LogP contribution is 2.10. The molecule has 0 spiro atoms. The fourth-order valence-electron chi connectivity index (χ4n) is 3.11. The van der Waals surface area contributed by atoms with E-state index in [4.69, 9.17) is 0 Å². The van der Waals surface area contributed by atoms with Crippen molar-refractivity contribution in [2.75, 3.05) is 39.8 Å². The Morgan fingerprint density at radius 2 is 1.74 bits per heavy atom. The Morgan fingerprint density at radius 1 is 1.00 bits per heavy atom. The minimum atomic E-state index is 0.711. The minimum absolute atomic E-state index is 0.711. The second kappa shape index (κ2) is 10.4. The molecule has 5 nitrogen and oxygen atoms in total. The molecule has 6 heteroatoms. The molecular formula is C21H31N5S. The number of thiophene rings is 1. The molecule has 2 heterocycles. The number of hydrogen-bond acceptors (Lipinski definition) is 4.